The summed E-state index contributed by atoms with van der Waals surface area (Å²) in [6.45, 7) is 0. The highest BCUT2D eigenvalue weighted by atomic mass is 19.4. The van der Waals surface area contributed by atoms with Crippen molar-refractivity contribution in [1.29, 1.82) is 0 Å². The Labute approximate surface area is 61.9 Å². The molecule has 0 saturated heterocycles. The molecule has 60 valence electrons. The molecular formula is C7H6F3N. The fraction of sp³-hybridized carbons (Fsp3) is 0.286. The van der Waals surface area contributed by atoms with Gasteiger partial charge in [-0.2, -0.15) is 13.2 Å². The summed E-state index contributed by atoms with van der Waals surface area (Å²) >= 11 is 0. The van der Waals surface area contributed by atoms with E-state index in [-0.39, 0.29) is 5.69 Å². The molecule has 4 heteroatoms. The van der Waals surface area contributed by atoms with E-state index in [2.05, 4.69) is 4.98 Å². The summed E-state index contributed by atoms with van der Waals surface area (Å²) in [5, 5.41) is 0. The Kier molecular flexibility index (Phi) is 2.12. The molecule has 0 spiro atoms. The van der Waals surface area contributed by atoms with Gasteiger partial charge in [-0.05, 0) is 12.1 Å². The molecule has 1 nitrogen and oxygen atoms in total. The molecule has 0 bridgehead atoms. The number of halogens is 3. The molecule has 0 aliphatic carbocycles. The zero-order valence-corrected chi connectivity index (χ0v) is 5.60. The number of hydrogen-bond donors (Lipinski definition) is 0. The third kappa shape index (κ3) is 3.02. The summed E-state index contributed by atoms with van der Waals surface area (Å²) in [7, 11) is 0. The molecule has 0 amide bonds. The lowest BCUT2D eigenvalue weighted by atomic mass is 10.3. The molecule has 0 saturated carbocycles. The Morgan fingerprint density at radius 1 is 1.27 bits per heavy atom. The molecular weight excluding hydrogens is 155 g/mol. The van der Waals surface area contributed by atoms with E-state index in [1.807, 2.05) is 0 Å². The first-order valence-corrected chi connectivity index (χ1v) is 3.04. The Morgan fingerprint density at radius 3 is 2.45 bits per heavy atom. The van der Waals surface area contributed by atoms with Gasteiger partial charge in [0, 0.05) is 11.9 Å². The molecule has 1 aromatic rings. The van der Waals surface area contributed by atoms with Crippen LogP contribution < -0.4 is 0 Å². The minimum absolute atomic E-state index is 0.0556. The van der Waals surface area contributed by atoms with Crippen molar-refractivity contribution in [3.63, 3.8) is 0 Å². The van der Waals surface area contributed by atoms with Gasteiger partial charge in [-0.25, -0.2) is 0 Å². The second kappa shape index (κ2) is 2.90. The molecule has 0 aliphatic rings. The molecule has 1 rings (SSSR count). The van der Waals surface area contributed by atoms with Crippen molar-refractivity contribution in [1.82, 2.24) is 4.98 Å². The number of alkyl halides is 3. The monoisotopic (exact) mass is 161 g/mol. The average Bonchev–Trinajstić information content (AvgIpc) is 1.85. The van der Waals surface area contributed by atoms with E-state index in [4.69, 9.17) is 0 Å². The Hall–Kier alpha value is -1.06. The van der Waals surface area contributed by atoms with Gasteiger partial charge in [0.15, 0.2) is 0 Å². The van der Waals surface area contributed by atoms with E-state index in [1.165, 1.54) is 18.3 Å². The Bertz CT molecular complexity index is 217. The van der Waals surface area contributed by atoms with Gasteiger partial charge in [-0.1, -0.05) is 6.07 Å². The minimum Gasteiger partial charge on any atom is -0.261 e. The summed E-state index contributed by atoms with van der Waals surface area (Å²) in [5.74, 6) is 0. The van der Waals surface area contributed by atoms with E-state index in [0.717, 1.165) is 0 Å². The maximum Gasteiger partial charge on any atom is 0.394 e. The zero-order valence-electron chi connectivity index (χ0n) is 5.60. The van der Waals surface area contributed by atoms with Gasteiger partial charge in [-0.3, -0.25) is 4.98 Å². The normalized spacial score (nSPS) is 11.5. The molecule has 0 unspecified atom stereocenters. The molecule has 0 fully saturated rings. The van der Waals surface area contributed by atoms with Crippen LogP contribution in [0.2, 0.25) is 0 Å². The van der Waals surface area contributed by atoms with Crippen molar-refractivity contribution >= 4 is 0 Å². The van der Waals surface area contributed by atoms with Gasteiger partial charge in [0.05, 0.1) is 6.42 Å². The van der Waals surface area contributed by atoms with Crippen LogP contribution >= 0.6 is 0 Å². The third-order valence-corrected chi connectivity index (χ3v) is 1.11. The van der Waals surface area contributed by atoms with Gasteiger partial charge >= 0.3 is 6.18 Å². The number of pyridine rings is 1. The first kappa shape index (κ1) is 8.04. The van der Waals surface area contributed by atoms with Crippen LogP contribution in [0.4, 0.5) is 13.2 Å². The molecule has 0 atom stereocenters. The van der Waals surface area contributed by atoms with Gasteiger partial charge in [0.2, 0.25) is 0 Å². The highest BCUT2D eigenvalue weighted by Gasteiger charge is 2.27. The molecule has 11 heavy (non-hydrogen) atoms. The van der Waals surface area contributed by atoms with Crippen LogP contribution in [0.5, 0.6) is 0 Å². The van der Waals surface area contributed by atoms with Gasteiger partial charge < -0.3 is 0 Å². The number of rotatable bonds is 1. The summed E-state index contributed by atoms with van der Waals surface area (Å²) in [5.41, 5.74) is 0.0556. The van der Waals surface area contributed by atoms with Crippen LogP contribution in [-0.4, -0.2) is 11.2 Å². The lowest BCUT2D eigenvalue weighted by Crippen LogP contribution is -2.12. The van der Waals surface area contributed by atoms with Crippen LogP contribution in [0.15, 0.2) is 24.4 Å². The van der Waals surface area contributed by atoms with E-state index >= 15 is 0 Å². The lowest BCUT2D eigenvalue weighted by molar-refractivity contribution is -0.127. The van der Waals surface area contributed by atoms with E-state index < -0.39 is 12.6 Å². The summed E-state index contributed by atoms with van der Waals surface area (Å²) in [4.78, 5) is 3.54. The smallest absolute Gasteiger partial charge is 0.261 e. The molecule has 0 radical (unpaired) electrons. The van der Waals surface area contributed by atoms with E-state index in [1.54, 1.807) is 6.07 Å². The second-order valence-corrected chi connectivity index (χ2v) is 2.11. The number of hydrogen-bond acceptors (Lipinski definition) is 1. The Balaban J connectivity index is 2.66. The van der Waals surface area contributed by atoms with Crippen LogP contribution in [0, 0.1) is 0 Å². The third-order valence-electron chi connectivity index (χ3n) is 1.11. The zero-order chi connectivity index (χ0) is 8.32. The van der Waals surface area contributed by atoms with E-state index in [0.29, 0.717) is 0 Å². The van der Waals surface area contributed by atoms with Crippen molar-refractivity contribution in [3.05, 3.63) is 30.1 Å². The average molecular weight is 161 g/mol. The van der Waals surface area contributed by atoms with Gasteiger partial charge in [0.25, 0.3) is 0 Å². The first-order chi connectivity index (χ1) is 5.08. The van der Waals surface area contributed by atoms with Crippen molar-refractivity contribution in [3.8, 4) is 0 Å². The van der Waals surface area contributed by atoms with Crippen LogP contribution in [-0.2, 0) is 6.42 Å². The van der Waals surface area contributed by atoms with Crippen LogP contribution in [0.1, 0.15) is 5.69 Å². The molecule has 0 aromatic carbocycles. The van der Waals surface area contributed by atoms with Crippen molar-refractivity contribution in [2.45, 2.75) is 12.6 Å². The lowest BCUT2D eigenvalue weighted by Gasteiger charge is -2.03. The quantitative estimate of drug-likeness (QED) is 0.615. The standard InChI is InChI=1S/C7H6F3N/c8-7(9,10)5-6-3-1-2-4-11-6/h1-4H,5H2. The molecule has 1 aromatic heterocycles. The second-order valence-electron chi connectivity index (χ2n) is 2.11. The predicted molar refractivity (Wildman–Crippen MR) is 34.0 cm³/mol. The summed E-state index contributed by atoms with van der Waals surface area (Å²) < 4.78 is 35.1. The molecule has 0 N–H and O–H groups in total. The molecule has 1 heterocycles. The fourth-order valence-corrected chi connectivity index (χ4v) is 0.708. The largest absolute Gasteiger partial charge is 0.394 e. The summed E-state index contributed by atoms with van der Waals surface area (Å²) in [6.07, 6.45) is -3.76. The van der Waals surface area contributed by atoms with Crippen molar-refractivity contribution in [2.24, 2.45) is 0 Å². The fourth-order valence-electron chi connectivity index (χ4n) is 0.708. The van der Waals surface area contributed by atoms with Crippen LogP contribution in [0.25, 0.3) is 0 Å². The summed E-state index contributed by atoms with van der Waals surface area (Å²) in [6, 6.07) is 4.47. The predicted octanol–water partition coefficient (Wildman–Crippen LogP) is 2.19. The number of aromatic nitrogens is 1. The Morgan fingerprint density at radius 2 is 2.00 bits per heavy atom. The minimum atomic E-state index is -4.16. The molecule has 0 aliphatic heterocycles. The number of nitrogens with zero attached hydrogens (tertiary/aromatic N) is 1. The highest BCUT2D eigenvalue weighted by molar-refractivity contribution is 5.04. The van der Waals surface area contributed by atoms with Crippen LogP contribution in [0.3, 0.4) is 0 Å². The topological polar surface area (TPSA) is 12.9 Å². The maximum atomic E-state index is 11.7. The SMILES string of the molecule is FC(F)(F)Cc1ccccn1. The first-order valence-electron chi connectivity index (χ1n) is 3.04. The van der Waals surface area contributed by atoms with Gasteiger partial charge in [-0.15, -0.1) is 0 Å². The maximum absolute atomic E-state index is 11.7. The van der Waals surface area contributed by atoms with E-state index in [9.17, 15) is 13.2 Å². The highest BCUT2D eigenvalue weighted by Crippen LogP contribution is 2.19. The van der Waals surface area contributed by atoms with Crippen molar-refractivity contribution in [2.75, 3.05) is 0 Å². The van der Waals surface area contributed by atoms with Crippen molar-refractivity contribution < 1.29 is 13.2 Å². The van der Waals surface area contributed by atoms with Gasteiger partial charge in [0.1, 0.15) is 0 Å².